The van der Waals surface area contributed by atoms with Crippen molar-refractivity contribution in [3.05, 3.63) is 23.8 Å². The average Bonchev–Trinajstić information content (AvgIpc) is 2.18. The highest BCUT2D eigenvalue weighted by Gasteiger charge is 2.09. The van der Waals surface area contributed by atoms with Crippen LogP contribution < -0.4 is 16.2 Å². The molecule has 0 bridgehead atoms. The van der Waals surface area contributed by atoms with Crippen LogP contribution >= 0.6 is 0 Å². The Labute approximate surface area is 88.0 Å². The fourth-order valence-electron chi connectivity index (χ4n) is 1.05. The van der Waals surface area contributed by atoms with Gasteiger partial charge in [0.25, 0.3) is 5.91 Å². The lowest BCUT2D eigenvalue weighted by molar-refractivity contribution is 0.0220. The second kappa shape index (κ2) is 5.21. The van der Waals surface area contributed by atoms with Crippen LogP contribution in [0.5, 0.6) is 5.75 Å². The molecule has 4 N–H and O–H groups in total. The van der Waals surface area contributed by atoms with Gasteiger partial charge in [-0.1, -0.05) is 0 Å². The first-order valence-corrected chi connectivity index (χ1v) is 4.55. The summed E-state index contributed by atoms with van der Waals surface area (Å²) in [6, 6.07) is 4.66. The molecule has 0 saturated carbocycles. The van der Waals surface area contributed by atoms with Crippen molar-refractivity contribution in [2.75, 3.05) is 19.1 Å². The van der Waals surface area contributed by atoms with E-state index in [1.54, 1.807) is 12.1 Å². The molecule has 5 nitrogen and oxygen atoms in total. The molecule has 5 heteroatoms. The van der Waals surface area contributed by atoms with Crippen LogP contribution in [0.2, 0.25) is 0 Å². The van der Waals surface area contributed by atoms with E-state index in [-0.39, 0.29) is 6.79 Å². The molecule has 0 fully saturated rings. The van der Waals surface area contributed by atoms with Crippen LogP contribution in [0.1, 0.15) is 17.3 Å². The molecule has 0 saturated heterocycles. The normalized spacial score (nSPS) is 9.93. The number of ether oxygens (including phenoxy) is 2. The third kappa shape index (κ3) is 3.14. The smallest absolute Gasteiger partial charge is 0.252 e. The summed E-state index contributed by atoms with van der Waals surface area (Å²) in [7, 11) is 0. The second-order valence-corrected chi connectivity index (χ2v) is 2.87. The molecule has 0 aromatic heterocycles. The molecule has 0 spiro atoms. The van der Waals surface area contributed by atoms with E-state index in [4.69, 9.17) is 20.9 Å². The van der Waals surface area contributed by atoms with Gasteiger partial charge in [0.1, 0.15) is 5.75 Å². The Balaban J connectivity index is 2.82. The lowest BCUT2D eigenvalue weighted by Crippen LogP contribution is -2.14. The van der Waals surface area contributed by atoms with Crippen LogP contribution in [0.3, 0.4) is 0 Å². The van der Waals surface area contributed by atoms with Gasteiger partial charge in [-0.25, -0.2) is 0 Å². The highest BCUT2D eigenvalue weighted by Crippen LogP contribution is 2.21. The van der Waals surface area contributed by atoms with E-state index in [0.717, 1.165) is 0 Å². The molecule has 0 heterocycles. The molecule has 0 unspecified atom stereocenters. The minimum atomic E-state index is -0.554. The van der Waals surface area contributed by atoms with Gasteiger partial charge < -0.3 is 20.9 Å². The molecule has 82 valence electrons. The number of benzene rings is 1. The summed E-state index contributed by atoms with van der Waals surface area (Å²) in [4.78, 5) is 11.0. The maximum absolute atomic E-state index is 11.0. The molecule has 1 amide bonds. The summed E-state index contributed by atoms with van der Waals surface area (Å²) in [5.41, 5.74) is 11.5. The molecular formula is C10H14N2O3. The fraction of sp³-hybridized carbons (Fsp3) is 0.300. The van der Waals surface area contributed by atoms with Gasteiger partial charge >= 0.3 is 0 Å². The van der Waals surface area contributed by atoms with Crippen LogP contribution in [-0.2, 0) is 4.74 Å². The molecule has 1 aromatic carbocycles. The predicted octanol–water partition coefficient (Wildman–Crippen LogP) is 0.741. The van der Waals surface area contributed by atoms with Crippen LogP contribution in [0, 0.1) is 0 Å². The van der Waals surface area contributed by atoms with Crippen molar-refractivity contribution < 1.29 is 14.3 Å². The molecule has 0 aliphatic rings. The lowest BCUT2D eigenvalue weighted by Gasteiger charge is -2.09. The second-order valence-electron chi connectivity index (χ2n) is 2.87. The van der Waals surface area contributed by atoms with E-state index in [0.29, 0.717) is 23.6 Å². The molecule has 1 rings (SSSR count). The number of carbonyl (C=O) groups excluding carboxylic acids is 1. The summed E-state index contributed by atoms with van der Waals surface area (Å²) >= 11 is 0. The number of nitrogens with two attached hydrogens (primary N) is 2. The van der Waals surface area contributed by atoms with Crippen molar-refractivity contribution in [1.82, 2.24) is 0 Å². The maximum atomic E-state index is 11.0. The summed E-state index contributed by atoms with van der Waals surface area (Å²) in [6.45, 7) is 2.45. The first kappa shape index (κ1) is 11.3. The Bertz CT molecular complexity index is 353. The highest BCUT2D eigenvalue weighted by molar-refractivity contribution is 5.96. The number of nitrogen functional groups attached to an aromatic ring is 1. The Hall–Kier alpha value is -1.75. The van der Waals surface area contributed by atoms with Crippen LogP contribution in [0.25, 0.3) is 0 Å². The number of rotatable bonds is 5. The SMILES string of the molecule is CCOCOc1cc(N)ccc1C(N)=O. The van der Waals surface area contributed by atoms with E-state index >= 15 is 0 Å². The Morgan fingerprint density at radius 2 is 2.20 bits per heavy atom. The minimum absolute atomic E-state index is 0.0697. The summed E-state index contributed by atoms with van der Waals surface area (Å²) in [5, 5.41) is 0. The van der Waals surface area contributed by atoms with Gasteiger partial charge in [0.15, 0.2) is 6.79 Å². The van der Waals surface area contributed by atoms with Gasteiger partial charge in [-0.15, -0.1) is 0 Å². The standard InChI is InChI=1S/C10H14N2O3/c1-2-14-6-15-9-5-7(11)3-4-8(9)10(12)13/h3-5H,2,6,11H2,1H3,(H2,12,13). The number of amides is 1. The van der Waals surface area contributed by atoms with Gasteiger partial charge in [0.2, 0.25) is 0 Å². The number of anilines is 1. The zero-order valence-corrected chi connectivity index (χ0v) is 8.53. The van der Waals surface area contributed by atoms with E-state index in [2.05, 4.69) is 0 Å². The Kier molecular flexibility index (Phi) is 3.93. The zero-order chi connectivity index (χ0) is 11.3. The van der Waals surface area contributed by atoms with E-state index in [9.17, 15) is 4.79 Å². The Morgan fingerprint density at radius 3 is 2.80 bits per heavy atom. The monoisotopic (exact) mass is 210 g/mol. The third-order valence-electron chi connectivity index (χ3n) is 1.77. The van der Waals surface area contributed by atoms with Gasteiger partial charge in [-0.05, 0) is 19.1 Å². The van der Waals surface area contributed by atoms with Crippen molar-refractivity contribution in [1.29, 1.82) is 0 Å². The van der Waals surface area contributed by atoms with Crippen molar-refractivity contribution in [2.45, 2.75) is 6.92 Å². The van der Waals surface area contributed by atoms with Crippen LogP contribution in [0.4, 0.5) is 5.69 Å². The van der Waals surface area contributed by atoms with E-state index < -0.39 is 5.91 Å². The molecule has 1 aromatic rings. The summed E-state index contributed by atoms with van der Waals surface area (Å²) in [6.07, 6.45) is 0. The molecular weight excluding hydrogens is 196 g/mol. The van der Waals surface area contributed by atoms with Gasteiger partial charge in [0.05, 0.1) is 5.56 Å². The quantitative estimate of drug-likeness (QED) is 0.426. The van der Waals surface area contributed by atoms with Crippen molar-refractivity contribution in [2.24, 2.45) is 5.73 Å². The first-order valence-electron chi connectivity index (χ1n) is 4.55. The topological polar surface area (TPSA) is 87.6 Å². The van der Waals surface area contributed by atoms with Crippen LogP contribution in [0.15, 0.2) is 18.2 Å². The minimum Gasteiger partial charge on any atom is -0.467 e. The number of carbonyl (C=O) groups is 1. The molecule has 0 atom stereocenters. The lowest BCUT2D eigenvalue weighted by atomic mass is 10.2. The van der Waals surface area contributed by atoms with Crippen molar-refractivity contribution in [3.63, 3.8) is 0 Å². The van der Waals surface area contributed by atoms with E-state index in [1.165, 1.54) is 6.07 Å². The predicted molar refractivity (Wildman–Crippen MR) is 56.5 cm³/mol. The highest BCUT2D eigenvalue weighted by atomic mass is 16.7. The van der Waals surface area contributed by atoms with Gasteiger partial charge in [0, 0.05) is 18.4 Å². The van der Waals surface area contributed by atoms with Crippen LogP contribution in [-0.4, -0.2) is 19.3 Å². The Morgan fingerprint density at radius 1 is 1.47 bits per heavy atom. The number of hydrogen-bond acceptors (Lipinski definition) is 4. The zero-order valence-electron chi connectivity index (χ0n) is 8.53. The van der Waals surface area contributed by atoms with Crippen molar-refractivity contribution >= 4 is 11.6 Å². The summed E-state index contributed by atoms with van der Waals surface area (Å²) < 4.78 is 10.2. The first-order chi connectivity index (χ1) is 7.15. The number of hydrogen-bond donors (Lipinski definition) is 2. The average molecular weight is 210 g/mol. The largest absolute Gasteiger partial charge is 0.467 e. The summed E-state index contributed by atoms with van der Waals surface area (Å²) in [5.74, 6) is -0.211. The third-order valence-corrected chi connectivity index (χ3v) is 1.77. The van der Waals surface area contributed by atoms with E-state index in [1.807, 2.05) is 6.92 Å². The molecule has 15 heavy (non-hydrogen) atoms. The molecule has 0 radical (unpaired) electrons. The molecule has 0 aliphatic heterocycles. The van der Waals surface area contributed by atoms with Gasteiger partial charge in [-0.3, -0.25) is 4.79 Å². The maximum Gasteiger partial charge on any atom is 0.252 e. The van der Waals surface area contributed by atoms with Crippen molar-refractivity contribution in [3.8, 4) is 5.75 Å². The molecule has 0 aliphatic carbocycles. The fourth-order valence-corrected chi connectivity index (χ4v) is 1.05. The van der Waals surface area contributed by atoms with Gasteiger partial charge in [-0.2, -0.15) is 0 Å². The number of primary amides is 1.